The van der Waals surface area contributed by atoms with Crippen molar-refractivity contribution in [3.8, 4) is 11.1 Å². The van der Waals surface area contributed by atoms with Gasteiger partial charge >= 0.3 is 13.9 Å². The fourth-order valence-corrected chi connectivity index (χ4v) is 4.41. The lowest BCUT2D eigenvalue weighted by molar-refractivity contribution is 0.0374. The Morgan fingerprint density at radius 1 is 0.903 bits per heavy atom. The van der Waals surface area contributed by atoms with Gasteiger partial charge in [-0.25, -0.2) is 9.36 Å². The fraction of sp³-hybridized carbons (Fsp3) is 0.174. The second-order valence-corrected chi connectivity index (χ2v) is 8.72. The molecule has 2 N–H and O–H groups in total. The molecule has 0 saturated carbocycles. The maximum absolute atomic E-state index is 12.2. The number of phosphoric ester groups is 1. The Balaban J connectivity index is 1.39. The third-order valence-corrected chi connectivity index (χ3v) is 6.36. The number of nitrogens with one attached hydrogen (secondary N) is 2. The zero-order valence-electron chi connectivity index (χ0n) is 17.0. The van der Waals surface area contributed by atoms with Crippen LogP contribution in [0.1, 0.15) is 18.1 Å². The zero-order valence-corrected chi connectivity index (χ0v) is 17.9. The van der Waals surface area contributed by atoms with Gasteiger partial charge in [-0.15, -0.1) is 0 Å². The smallest absolute Gasteiger partial charge is 0.308 e. The summed E-state index contributed by atoms with van der Waals surface area (Å²) < 4.78 is 27.7. The lowest BCUT2D eigenvalue weighted by atomic mass is 10.0. The van der Waals surface area contributed by atoms with Crippen LogP contribution in [0.5, 0.6) is 0 Å². The molecule has 3 aromatic rings. The van der Waals surface area contributed by atoms with Crippen LogP contribution in [0.15, 0.2) is 78.9 Å². The second-order valence-electron chi connectivity index (χ2n) is 6.99. The molecule has 0 bridgehead atoms. The van der Waals surface area contributed by atoms with Gasteiger partial charge in [0.15, 0.2) is 0 Å². The van der Waals surface area contributed by atoms with Crippen LogP contribution < -0.4 is 10.6 Å². The third kappa shape index (κ3) is 5.40. The van der Waals surface area contributed by atoms with Gasteiger partial charge in [0, 0.05) is 24.9 Å². The van der Waals surface area contributed by atoms with Crippen molar-refractivity contribution in [2.45, 2.75) is 12.5 Å². The summed E-state index contributed by atoms with van der Waals surface area (Å²) in [6, 6.07) is 24.4. The van der Waals surface area contributed by atoms with Crippen molar-refractivity contribution in [3.05, 3.63) is 84.4 Å². The van der Waals surface area contributed by atoms with Crippen LogP contribution in [0, 0.1) is 0 Å². The first-order valence-corrected chi connectivity index (χ1v) is 11.3. The molecule has 2 amide bonds. The van der Waals surface area contributed by atoms with Crippen molar-refractivity contribution in [1.29, 1.82) is 0 Å². The van der Waals surface area contributed by atoms with E-state index < -0.39 is 7.82 Å². The highest BCUT2D eigenvalue weighted by molar-refractivity contribution is 7.48. The molecule has 1 aliphatic heterocycles. The highest BCUT2D eigenvalue weighted by atomic mass is 31.2. The Labute approximate surface area is 181 Å². The largest absolute Gasteiger partial charge is 0.475 e. The summed E-state index contributed by atoms with van der Waals surface area (Å²) in [5.74, 6) is 0. The first-order valence-electron chi connectivity index (χ1n) is 9.87. The Kier molecular flexibility index (Phi) is 6.49. The maximum Gasteiger partial charge on any atom is 0.475 e. The highest BCUT2D eigenvalue weighted by Gasteiger charge is 2.34. The zero-order chi connectivity index (χ0) is 21.7. The summed E-state index contributed by atoms with van der Waals surface area (Å²) in [5, 5.41) is 5.60. The molecule has 0 aliphatic carbocycles. The van der Waals surface area contributed by atoms with Gasteiger partial charge in [0.1, 0.15) is 0 Å². The van der Waals surface area contributed by atoms with Gasteiger partial charge in [0.05, 0.1) is 12.7 Å². The van der Waals surface area contributed by atoms with E-state index in [4.69, 9.17) is 13.6 Å². The molecule has 2 unspecified atom stereocenters. The number of phosphoric acid groups is 1. The van der Waals surface area contributed by atoms with E-state index >= 15 is 0 Å². The Morgan fingerprint density at radius 2 is 1.48 bits per heavy atom. The number of hydrogen-bond acceptors (Lipinski definition) is 5. The number of rotatable bonds is 5. The lowest BCUT2D eigenvalue weighted by Crippen LogP contribution is -2.19. The van der Waals surface area contributed by atoms with Crippen molar-refractivity contribution in [2.24, 2.45) is 0 Å². The van der Waals surface area contributed by atoms with E-state index in [1.807, 2.05) is 78.9 Å². The number of para-hydroxylation sites is 1. The normalized spacial score (nSPS) is 20.7. The topological polar surface area (TPSA) is 85.9 Å². The number of urea groups is 1. The molecule has 2 atom stereocenters. The second kappa shape index (κ2) is 9.45. The predicted molar refractivity (Wildman–Crippen MR) is 120 cm³/mol. The number of hydrogen-bond donors (Lipinski definition) is 2. The fourth-order valence-electron chi connectivity index (χ4n) is 3.28. The van der Waals surface area contributed by atoms with Crippen molar-refractivity contribution in [2.75, 3.05) is 24.4 Å². The minimum atomic E-state index is -3.47. The summed E-state index contributed by atoms with van der Waals surface area (Å²) in [6.07, 6.45) is 0.279. The summed E-state index contributed by atoms with van der Waals surface area (Å²) >= 11 is 0. The monoisotopic (exact) mass is 438 g/mol. The van der Waals surface area contributed by atoms with Crippen LogP contribution in [0.25, 0.3) is 11.1 Å². The molecule has 0 aromatic heterocycles. The van der Waals surface area contributed by atoms with Crippen molar-refractivity contribution in [3.63, 3.8) is 0 Å². The molecule has 0 spiro atoms. The van der Waals surface area contributed by atoms with Crippen LogP contribution in [-0.4, -0.2) is 19.7 Å². The Hall–Kier alpha value is -2.96. The van der Waals surface area contributed by atoms with Crippen LogP contribution >= 0.6 is 7.82 Å². The van der Waals surface area contributed by atoms with Gasteiger partial charge in [-0.3, -0.25) is 13.6 Å². The minimum absolute atomic E-state index is 0.298. The van der Waals surface area contributed by atoms with Crippen LogP contribution in [0.2, 0.25) is 0 Å². The molecular weight excluding hydrogens is 415 g/mol. The summed E-state index contributed by atoms with van der Waals surface area (Å²) in [5.41, 5.74) is 4.37. The van der Waals surface area contributed by atoms with Crippen molar-refractivity contribution in [1.82, 2.24) is 0 Å². The van der Waals surface area contributed by atoms with E-state index in [9.17, 15) is 9.36 Å². The summed E-state index contributed by atoms with van der Waals surface area (Å²) in [7, 11) is -2.15. The first kappa shape index (κ1) is 21.3. The average molecular weight is 438 g/mol. The van der Waals surface area contributed by atoms with Gasteiger partial charge in [0.25, 0.3) is 0 Å². The number of carbonyl (C=O) groups excluding carboxylic acids is 1. The molecule has 1 saturated heterocycles. The Bertz CT molecular complexity index is 1070. The third-order valence-electron chi connectivity index (χ3n) is 4.90. The number of amides is 2. The molecular formula is C23H23N2O5P. The lowest BCUT2D eigenvalue weighted by Gasteiger charge is -2.28. The number of benzene rings is 3. The molecule has 1 aliphatic rings. The van der Waals surface area contributed by atoms with Gasteiger partial charge in [-0.05, 0) is 41.0 Å². The van der Waals surface area contributed by atoms with E-state index in [1.54, 1.807) is 0 Å². The highest BCUT2D eigenvalue weighted by Crippen LogP contribution is 2.56. The van der Waals surface area contributed by atoms with Gasteiger partial charge in [0.2, 0.25) is 0 Å². The molecule has 0 radical (unpaired) electrons. The Morgan fingerprint density at radius 3 is 2.10 bits per heavy atom. The van der Waals surface area contributed by atoms with Crippen LogP contribution in [0.3, 0.4) is 0 Å². The molecule has 8 heteroatoms. The van der Waals surface area contributed by atoms with Crippen molar-refractivity contribution >= 4 is 25.2 Å². The van der Waals surface area contributed by atoms with E-state index in [1.165, 1.54) is 7.11 Å². The molecule has 31 heavy (non-hydrogen) atoms. The minimum Gasteiger partial charge on any atom is -0.308 e. The van der Waals surface area contributed by atoms with Crippen LogP contribution in [0.4, 0.5) is 16.2 Å². The van der Waals surface area contributed by atoms with Crippen LogP contribution in [-0.2, 0) is 18.1 Å². The van der Waals surface area contributed by atoms with E-state index in [-0.39, 0.29) is 12.1 Å². The molecule has 1 heterocycles. The van der Waals surface area contributed by atoms with Crippen molar-refractivity contribution < 1.29 is 22.9 Å². The number of anilines is 2. The molecule has 4 rings (SSSR count). The quantitative estimate of drug-likeness (QED) is 0.461. The van der Waals surface area contributed by atoms with Gasteiger partial charge in [-0.2, -0.15) is 0 Å². The van der Waals surface area contributed by atoms with E-state index in [0.29, 0.717) is 18.7 Å². The standard InChI is InChI=1S/C23H23N2O5P/c1-28-31(27)29-16-15-22(30-31)19-9-7-17(8-10-19)18-11-13-21(14-12-18)25-23(26)24-20-5-3-2-4-6-20/h2-14,22H,15-16H2,1H3,(H2,24,25,26). The summed E-state index contributed by atoms with van der Waals surface area (Å²) in [6.45, 7) is 0.323. The number of carbonyl (C=O) groups is 1. The SMILES string of the molecule is COP1(=O)OCCC(c2ccc(-c3ccc(NC(=O)Nc4ccccc4)cc3)cc2)O1. The average Bonchev–Trinajstić information content (AvgIpc) is 2.80. The molecule has 1 fully saturated rings. The molecule has 3 aromatic carbocycles. The van der Waals surface area contributed by atoms with E-state index in [2.05, 4.69) is 10.6 Å². The molecule has 7 nitrogen and oxygen atoms in total. The maximum atomic E-state index is 12.2. The van der Waals surface area contributed by atoms with E-state index in [0.717, 1.165) is 22.4 Å². The predicted octanol–water partition coefficient (Wildman–Crippen LogP) is 6.23. The van der Waals surface area contributed by atoms with Gasteiger partial charge in [-0.1, -0.05) is 54.6 Å². The summed E-state index contributed by atoms with van der Waals surface area (Å²) in [4.78, 5) is 12.1. The van der Waals surface area contributed by atoms with Gasteiger partial charge < -0.3 is 10.6 Å². The molecule has 160 valence electrons. The first-order chi connectivity index (χ1) is 15.0.